The van der Waals surface area contributed by atoms with Crippen LogP contribution in [0.1, 0.15) is 32.6 Å². The smallest absolute Gasteiger partial charge is 0.391 e. The molecule has 1 N–H and O–H groups in total. The van der Waals surface area contributed by atoms with E-state index in [0.717, 1.165) is 0 Å². The summed E-state index contributed by atoms with van der Waals surface area (Å²) in [7, 11) is 0. The Morgan fingerprint density at radius 2 is 1.95 bits per heavy atom. The number of aromatic nitrogens is 2. The molecule has 0 saturated carbocycles. The summed E-state index contributed by atoms with van der Waals surface area (Å²) in [6.07, 6.45) is -3.95. The first-order valence-corrected chi connectivity index (χ1v) is 6.73. The zero-order chi connectivity index (χ0) is 14.8. The van der Waals surface area contributed by atoms with Crippen LogP contribution in [0.15, 0.2) is 4.42 Å². The molecule has 0 spiro atoms. The van der Waals surface area contributed by atoms with Crippen LogP contribution in [-0.2, 0) is 6.54 Å². The highest BCUT2D eigenvalue weighted by Crippen LogP contribution is 2.35. The highest BCUT2D eigenvalue weighted by molar-refractivity contribution is 5.24. The lowest BCUT2D eigenvalue weighted by atomic mass is 9.97. The Hall–Kier alpha value is -1.31. The second-order valence-corrected chi connectivity index (χ2v) is 5.32. The van der Waals surface area contributed by atoms with E-state index >= 15 is 0 Å². The summed E-state index contributed by atoms with van der Waals surface area (Å²) in [4.78, 5) is 1.72. The van der Waals surface area contributed by atoms with Crippen molar-refractivity contribution in [1.82, 2.24) is 15.5 Å². The molecule has 0 aliphatic carbocycles. The lowest BCUT2D eigenvalue weighted by Gasteiger charge is -2.31. The molecule has 0 amide bonds. The van der Waals surface area contributed by atoms with Crippen LogP contribution in [0.2, 0.25) is 0 Å². The molecule has 8 heteroatoms. The van der Waals surface area contributed by atoms with Gasteiger partial charge in [-0.2, -0.15) is 13.2 Å². The lowest BCUT2D eigenvalue weighted by molar-refractivity contribution is -0.179. The van der Waals surface area contributed by atoms with Crippen LogP contribution in [0, 0.1) is 5.92 Å². The molecule has 114 valence electrons. The summed E-state index contributed by atoms with van der Waals surface area (Å²) in [6, 6.07) is 0.610. The molecule has 1 aromatic heterocycles. The van der Waals surface area contributed by atoms with Gasteiger partial charge in [-0.05, 0) is 12.8 Å². The molecule has 1 fully saturated rings. The maximum Gasteiger partial charge on any atom is 0.391 e. The molecular weight excluding hydrogens is 273 g/mol. The number of hydrogen-bond donors (Lipinski definition) is 1. The fraction of sp³-hybridized carbons (Fsp3) is 0.833. The predicted molar refractivity (Wildman–Crippen MR) is 67.3 cm³/mol. The van der Waals surface area contributed by atoms with Gasteiger partial charge in [0.15, 0.2) is 0 Å². The zero-order valence-electron chi connectivity index (χ0n) is 11.6. The van der Waals surface area contributed by atoms with Crippen LogP contribution in [0.3, 0.4) is 0 Å². The van der Waals surface area contributed by atoms with Gasteiger partial charge in [0, 0.05) is 19.1 Å². The van der Waals surface area contributed by atoms with Crippen molar-refractivity contribution >= 4 is 6.01 Å². The number of nitrogens with one attached hydrogen (secondary N) is 1. The number of alkyl halides is 3. The normalized spacial score (nSPS) is 18.0. The van der Waals surface area contributed by atoms with Crippen LogP contribution in [0.4, 0.5) is 19.2 Å². The Balaban J connectivity index is 1.88. The van der Waals surface area contributed by atoms with Crippen molar-refractivity contribution in [3.05, 3.63) is 5.89 Å². The molecule has 0 radical (unpaired) electrons. The van der Waals surface area contributed by atoms with E-state index in [9.17, 15) is 13.2 Å². The lowest BCUT2D eigenvalue weighted by Crippen LogP contribution is -2.39. The Bertz CT molecular complexity index is 425. The fourth-order valence-corrected chi connectivity index (χ4v) is 2.13. The molecule has 1 aliphatic rings. The van der Waals surface area contributed by atoms with Crippen molar-refractivity contribution in [2.75, 3.05) is 18.0 Å². The van der Waals surface area contributed by atoms with E-state index in [1.807, 2.05) is 13.8 Å². The monoisotopic (exact) mass is 292 g/mol. The molecule has 20 heavy (non-hydrogen) atoms. The molecule has 5 nitrogen and oxygen atoms in total. The number of piperidine rings is 1. The largest absolute Gasteiger partial charge is 0.407 e. The molecule has 1 saturated heterocycles. The summed E-state index contributed by atoms with van der Waals surface area (Å²) in [5, 5.41) is 10.9. The van der Waals surface area contributed by atoms with Gasteiger partial charge >= 0.3 is 12.2 Å². The minimum absolute atomic E-state index is 0.0749. The summed E-state index contributed by atoms with van der Waals surface area (Å²) in [6.45, 7) is 5.05. The molecule has 2 rings (SSSR count). The highest BCUT2D eigenvalue weighted by atomic mass is 19.4. The van der Waals surface area contributed by atoms with Crippen molar-refractivity contribution in [2.24, 2.45) is 5.92 Å². The molecule has 0 atom stereocenters. The number of rotatable bonds is 4. The van der Waals surface area contributed by atoms with Gasteiger partial charge in [-0.1, -0.05) is 18.9 Å². The fourth-order valence-electron chi connectivity index (χ4n) is 2.13. The summed E-state index contributed by atoms with van der Waals surface area (Å²) < 4.78 is 43.2. The minimum atomic E-state index is -4.10. The second kappa shape index (κ2) is 5.99. The van der Waals surface area contributed by atoms with Crippen LogP contribution in [0.5, 0.6) is 0 Å². The SMILES string of the molecule is CC(C)NCc1nnc(N2CCC(C(F)(F)F)CC2)o1. The zero-order valence-corrected chi connectivity index (χ0v) is 11.6. The summed E-state index contributed by atoms with van der Waals surface area (Å²) in [5.41, 5.74) is 0. The van der Waals surface area contributed by atoms with Crippen molar-refractivity contribution < 1.29 is 17.6 Å². The van der Waals surface area contributed by atoms with Gasteiger partial charge < -0.3 is 14.6 Å². The maximum atomic E-state index is 12.6. The van der Waals surface area contributed by atoms with E-state index in [2.05, 4.69) is 15.5 Å². The number of halogens is 3. The third-order valence-corrected chi connectivity index (χ3v) is 3.35. The Morgan fingerprint density at radius 1 is 1.30 bits per heavy atom. The molecule has 1 aliphatic heterocycles. The molecule has 1 aromatic rings. The third-order valence-electron chi connectivity index (χ3n) is 3.35. The van der Waals surface area contributed by atoms with Crippen LogP contribution in [0.25, 0.3) is 0 Å². The standard InChI is InChI=1S/C12H19F3N4O/c1-8(2)16-7-10-17-18-11(20-10)19-5-3-9(4-6-19)12(13,14)15/h8-9,16H,3-7H2,1-2H3. The Labute approximate surface area is 115 Å². The number of anilines is 1. The average Bonchev–Trinajstić information content (AvgIpc) is 2.84. The van der Waals surface area contributed by atoms with Crippen molar-refractivity contribution in [2.45, 2.75) is 45.5 Å². The van der Waals surface area contributed by atoms with E-state index in [1.54, 1.807) is 4.90 Å². The number of nitrogens with zero attached hydrogens (tertiary/aromatic N) is 3. The van der Waals surface area contributed by atoms with Crippen molar-refractivity contribution in [3.8, 4) is 0 Å². The minimum Gasteiger partial charge on any atom is -0.407 e. The highest BCUT2D eigenvalue weighted by Gasteiger charge is 2.41. The topological polar surface area (TPSA) is 54.2 Å². The first kappa shape index (κ1) is 15.1. The summed E-state index contributed by atoms with van der Waals surface area (Å²) in [5.74, 6) is -0.768. The molecule has 0 unspecified atom stereocenters. The van der Waals surface area contributed by atoms with Crippen LogP contribution < -0.4 is 10.2 Å². The van der Waals surface area contributed by atoms with Crippen molar-refractivity contribution in [3.63, 3.8) is 0 Å². The number of hydrogen-bond acceptors (Lipinski definition) is 5. The average molecular weight is 292 g/mol. The molecule has 0 bridgehead atoms. The molecule has 0 aromatic carbocycles. The second-order valence-electron chi connectivity index (χ2n) is 5.32. The van der Waals surface area contributed by atoms with Gasteiger partial charge in [-0.3, -0.25) is 0 Å². The quantitative estimate of drug-likeness (QED) is 0.923. The first-order chi connectivity index (χ1) is 9.36. The van der Waals surface area contributed by atoms with E-state index in [1.165, 1.54) is 0 Å². The van der Waals surface area contributed by atoms with Gasteiger partial charge in [0.05, 0.1) is 12.5 Å². The van der Waals surface area contributed by atoms with Gasteiger partial charge in [0.25, 0.3) is 0 Å². The van der Waals surface area contributed by atoms with Crippen LogP contribution in [-0.4, -0.2) is 35.5 Å². The van der Waals surface area contributed by atoms with Gasteiger partial charge in [-0.25, -0.2) is 0 Å². The van der Waals surface area contributed by atoms with E-state index in [-0.39, 0.29) is 12.8 Å². The van der Waals surface area contributed by atoms with E-state index < -0.39 is 12.1 Å². The van der Waals surface area contributed by atoms with Crippen molar-refractivity contribution in [1.29, 1.82) is 0 Å². The first-order valence-electron chi connectivity index (χ1n) is 6.73. The van der Waals surface area contributed by atoms with Gasteiger partial charge in [0.2, 0.25) is 5.89 Å². The third kappa shape index (κ3) is 3.84. The molecule has 2 heterocycles. The maximum absolute atomic E-state index is 12.6. The Kier molecular flexibility index (Phi) is 4.52. The summed E-state index contributed by atoms with van der Waals surface area (Å²) >= 11 is 0. The van der Waals surface area contributed by atoms with Crippen LogP contribution >= 0.6 is 0 Å². The molecular formula is C12H19F3N4O. The van der Waals surface area contributed by atoms with E-state index in [4.69, 9.17) is 4.42 Å². The van der Waals surface area contributed by atoms with E-state index in [0.29, 0.717) is 37.6 Å². The van der Waals surface area contributed by atoms with Gasteiger partial charge in [-0.15, -0.1) is 5.10 Å². The predicted octanol–water partition coefficient (Wildman–Crippen LogP) is 2.35. The Morgan fingerprint density at radius 3 is 2.50 bits per heavy atom. The van der Waals surface area contributed by atoms with Gasteiger partial charge in [0.1, 0.15) is 0 Å².